The lowest BCUT2D eigenvalue weighted by Crippen LogP contribution is -2.46. The molecule has 1 aromatic heterocycles. The SMILES string of the molecule is CCN(CC)C(=O)n1c(B2OC(C)(C)C(C)(C)O2)c(C)c2ccc(Cl)cc21. The van der Waals surface area contributed by atoms with Crippen molar-refractivity contribution in [2.75, 3.05) is 13.1 Å². The van der Waals surface area contributed by atoms with Crippen molar-refractivity contribution in [1.82, 2.24) is 9.47 Å². The molecule has 7 heteroatoms. The predicted octanol–water partition coefficient (Wildman–Crippen LogP) is 4.21. The summed E-state index contributed by atoms with van der Waals surface area (Å²) < 4.78 is 14.3. The third-order valence-electron chi connectivity index (χ3n) is 5.93. The molecule has 0 atom stereocenters. The van der Waals surface area contributed by atoms with Gasteiger partial charge in [-0.25, -0.2) is 4.79 Å². The number of carbonyl (C=O) groups is 1. The molecule has 146 valence electrons. The van der Waals surface area contributed by atoms with Crippen molar-refractivity contribution in [2.45, 2.75) is 59.7 Å². The summed E-state index contributed by atoms with van der Waals surface area (Å²) in [5.74, 6) is 0. The number of carbonyl (C=O) groups excluding carboxylic acids is 1. The van der Waals surface area contributed by atoms with Crippen LogP contribution in [0.4, 0.5) is 4.79 Å². The first-order valence-corrected chi connectivity index (χ1v) is 9.87. The fraction of sp³-hybridized carbons (Fsp3) is 0.550. The molecule has 0 N–H and O–H groups in total. The molecular weight excluding hydrogens is 362 g/mol. The van der Waals surface area contributed by atoms with Crippen LogP contribution in [-0.2, 0) is 9.31 Å². The summed E-state index contributed by atoms with van der Waals surface area (Å²) in [6.07, 6.45) is 0. The van der Waals surface area contributed by atoms with E-state index in [1.165, 1.54) is 0 Å². The maximum Gasteiger partial charge on any atom is 0.513 e. The Bertz CT molecular complexity index is 871. The molecule has 27 heavy (non-hydrogen) atoms. The second-order valence-corrected chi connectivity index (χ2v) is 8.49. The highest BCUT2D eigenvalue weighted by molar-refractivity contribution is 6.63. The topological polar surface area (TPSA) is 43.7 Å². The molecule has 0 spiro atoms. The van der Waals surface area contributed by atoms with Gasteiger partial charge in [0.2, 0.25) is 0 Å². The number of aryl methyl sites for hydroxylation is 1. The maximum atomic E-state index is 13.4. The fourth-order valence-electron chi connectivity index (χ4n) is 3.52. The number of fused-ring (bicyclic) bond motifs is 1. The number of hydrogen-bond donors (Lipinski definition) is 0. The normalized spacial score (nSPS) is 18.3. The average Bonchev–Trinajstić information content (AvgIpc) is 2.98. The van der Waals surface area contributed by atoms with E-state index in [0.717, 1.165) is 22.1 Å². The quantitative estimate of drug-likeness (QED) is 0.737. The first kappa shape index (κ1) is 20.2. The first-order valence-electron chi connectivity index (χ1n) is 9.49. The van der Waals surface area contributed by atoms with Crippen LogP contribution in [0.2, 0.25) is 5.02 Å². The van der Waals surface area contributed by atoms with Gasteiger partial charge in [0, 0.05) is 23.5 Å². The molecule has 2 heterocycles. The summed E-state index contributed by atoms with van der Waals surface area (Å²) in [6.45, 7) is 15.2. The Labute approximate surface area is 166 Å². The third kappa shape index (κ3) is 3.18. The van der Waals surface area contributed by atoms with Crippen LogP contribution >= 0.6 is 11.6 Å². The van der Waals surface area contributed by atoms with Gasteiger partial charge < -0.3 is 14.2 Å². The summed E-state index contributed by atoms with van der Waals surface area (Å²) in [5, 5.41) is 1.57. The molecule has 0 radical (unpaired) electrons. The minimum Gasteiger partial charge on any atom is -0.398 e. The van der Waals surface area contributed by atoms with Gasteiger partial charge >= 0.3 is 13.1 Å². The van der Waals surface area contributed by atoms with Crippen molar-refractivity contribution in [3.63, 3.8) is 0 Å². The number of amides is 1. The number of benzene rings is 1. The Morgan fingerprint density at radius 3 is 2.22 bits per heavy atom. The molecule has 1 fully saturated rings. The van der Waals surface area contributed by atoms with E-state index in [1.54, 1.807) is 9.47 Å². The average molecular weight is 391 g/mol. The number of hydrogen-bond acceptors (Lipinski definition) is 3. The molecule has 5 nitrogen and oxygen atoms in total. The van der Waals surface area contributed by atoms with E-state index in [9.17, 15) is 4.79 Å². The van der Waals surface area contributed by atoms with Crippen LogP contribution in [0.15, 0.2) is 18.2 Å². The van der Waals surface area contributed by atoms with Crippen molar-refractivity contribution >= 4 is 41.2 Å². The van der Waals surface area contributed by atoms with Gasteiger partial charge in [0.1, 0.15) is 0 Å². The van der Waals surface area contributed by atoms with E-state index in [1.807, 2.05) is 66.7 Å². The van der Waals surface area contributed by atoms with Crippen LogP contribution < -0.4 is 5.59 Å². The van der Waals surface area contributed by atoms with Crippen molar-refractivity contribution in [3.05, 3.63) is 28.8 Å². The van der Waals surface area contributed by atoms with E-state index in [-0.39, 0.29) is 6.03 Å². The molecule has 1 saturated heterocycles. The van der Waals surface area contributed by atoms with Gasteiger partial charge in [0.05, 0.1) is 22.3 Å². The van der Waals surface area contributed by atoms with Crippen LogP contribution in [0.25, 0.3) is 10.9 Å². The molecule has 1 aromatic carbocycles. The molecule has 1 aliphatic rings. The highest BCUT2D eigenvalue weighted by atomic mass is 35.5. The smallest absolute Gasteiger partial charge is 0.398 e. The molecule has 0 aliphatic carbocycles. The van der Waals surface area contributed by atoms with Crippen LogP contribution in [0.5, 0.6) is 0 Å². The summed E-state index contributed by atoms with van der Waals surface area (Å²) >= 11 is 6.25. The van der Waals surface area contributed by atoms with E-state index >= 15 is 0 Å². The zero-order valence-electron chi connectivity index (χ0n) is 17.2. The summed E-state index contributed by atoms with van der Waals surface area (Å²) in [5.41, 5.74) is 1.52. The van der Waals surface area contributed by atoms with Crippen LogP contribution in [0, 0.1) is 6.92 Å². The fourth-order valence-corrected chi connectivity index (χ4v) is 3.69. The molecule has 3 rings (SSSR count). The van der Waals surface area contributed by atoms with E-state index in [0.29, 0.717) is 18.1 Å². The molecule has 0 unspecified atom stereocenters. The second kappa shape index (κ2) is 6.84. The van der Waals surface area contributed by atoms with Gasteiger partial charge in [-0.05, 0) is 66.2 Å². The van der Waals surface area contributed by atoms with E-state index in [2.05, 4.69) is 0 Å². The highest BCUT2D eigenvalue weighted by Gasteiger charge is 2.53. The van der Waals surface area contributed by atoms with Crippen LogP contribution in [-0.4, -0.2) is 46.9 Å². The lowest BCUT2D eigenvalue weighted by atomic mass is 9.81. The van der Waals surface area contributed by atoms with Gasteiger partial charge in [-0.1, -0.05) is 17.7 Å². The minimum atomic E-state index is -0.624. The predicted molar refractivity (Wildman–Crippen MR) is 111 cm³/mol. The Hall–Kier alpha value is -1.50. The lowest BCUT2D eigenvalue weighted by Gasteiger charge is -2.32. The molecule has 0 saturated carbocycles. The van der Waals surface area contributed by atoms with Crippen molar-refractivity contribution < 1.29 is 14.1 Å². The lowest BCUT2D eigenvalue weighted by molar-refractivity contribution is 0.00578. The summed E-state index contributed by atoms with van der Waals surface area (Å²) in [6, 6.07) is 5.54. The monoisotopic (exact) mass is 390 g/mol. The van der Waals surface area contributed by atoms with Gasteiger partial charge in [-0.3, -0.25) is 4.57 Å². The van der Waals surface area contributed by atoms with Crippen LogP contribution in [0.1, 0.15) is 47.1 Å². The molecular formula is C20H28BClN2O3. The number of rotatable bonds is 3. The van der Waals surface area contributed by atoms with Crippen molar-refractivity contribution in [3.8, 4) is 0 Å². The van der Waals surface area contributed by atoms with Crippen molar-refractivity contribution in [1.29, 1.82) is 0 Å². The zero-order chi connectivity index (χ0) is 20.1. The molecule has 1 aliphatic heterocycles. The van der Waals surface area contributed by atoms with Gasteiger partial charge in [-0.15, -0.1) is 0 Å². The third-order valence-corrected chi connectivity index (χ3v) is 6.17. The zero-order valence-corrected chi connectivity index (χ0v) is 18.0. The highest BCUT2D eigenvalue weighted by Crippen LogP contribution is 2.37. The Morgan fingerprint density at radius 2 is 1.70 bits per heavy atom. The number of nitrogens with zero attached hydrogens (tertiary/aromatic N) is 2. The first-order chi connectivity index (χ1) is 12.5. The van der Waals surface area contributed by atoms with Gasteiger partial charge in [-0.2, -0.15) is 0 Å². The standard InChI is InChI=1S/C20H28BClN2O3/c1-8-23(9-2)18(25)24-16-12-14(22)10-11-15(16)13(3)17(24)21-26-19(4,5)20(6,7)27-21/h10-12H,8-9H2,1-7H3. The van der Waals surface area contributed by atoms with Crippen molar-refractivity contribution in [2.24, 2.45) is 0 Å². The van der Waals surface area contributed by atoms with E-state index < -0.39 is 18.3 Å². The Kier molecular flexibility index (Phi) is 5.13. The minimum absolute atomic E-state index is 0.0925. The molecule has 0 bridgehead atoms. The largest absolute Gasteiger partial charge is 0.513 e. The van der Waals surface area contributed by atoms with Crippen LogP contribution in [0.3, 0.4) is 0 Å². The van der Waals surface area contributed by atoms with Gasteiger partial charge in [0.15, 0.2) is 0 Å². The Morgan fingerprint density at radius 1 is 1.15 bits per heavy atom. The maximum absolute atomic E-state index is 13.4. The summed E-state index contributed by atoms with van der Waals surface area (Å²) in [7, 11) is -0.624. The van der Waals surface area contributed by atoms with E-state index in [4.69, 9.17) is 20.9 Å². The Balaban J connectivity index is 2.25. The van der Waals surface area contributed by atoms with Gasteiger partial charge in [0.25, 0.3) is 0 Å². The summed E-state index contributed by atoms with van der Waals surface area (Å²) in [4.78, 5) is 15.2. The molecule has 1 amide bonds. The number of aromatic nitrogens is 1. The molecule has 2 aromatic rings. The second-order valence-electron chi connectivity index (χ2n) is 8.05. The number of halogens is 1.